The molecule has 0 aliphatic carbocycles. The lowest BCUT2D eigenvalue weighted by atomic mass is 10.3. The summed E-state index contributed by atoms with van der Waals surface area (Å²) in [7, 11) is 1.51. The van der Waals surface area contributed by atoms with E-state index in [0.29, 0.717) is 30.1 Å². The van der Waals surface area contributed by atoms with Crippen molar-refractivity contribution < 1.29 is 14.6 Å². The molecule has 0 saturated heterocycles. The Morgan fingerprint density at radius 3 is 3.00 bits per heavy atom. The number of fused-ring (bicyclic) bond motifs is 1. The number of hydrogen-bond donors (Lipinski definition) is 2. The summed E-state index contributed by atoms with van der Waals surface area (Å²) in [6, 6.07) is 3.52. The van der Waals surface area contributed by atoms with E-state index in [2.05, 4.69) is 4.98 Å². The van der Waals surface area contributed by atoms with Gasteiger partial charge in [0.2, 0.25) is 0 Å². The van der Waals surface area contributed by atoms with E-state index in [9.17, 15) is 9.90 Å². The monoisotopic (exact) mass is 249 g/mol. The van der Waals surface area contributed by atoms with Gasteiger partial charge in [0.25, 0.3) is 0 Å². The Morgan fingerprint density at radius 1 is 1.61 bits per heavy atom. The lowest BCUT2D eigenvalue weighted by molar-refractivity contribution is 0.0693. The fourth-order valence-corrected chi connectivity index (χ4v) is 1.92. The summed E-state index contributed by atoms with van der Waals surface area (Å²) in [5, 5.41) is 9.19. The van der Waals surface area contributed by atoms with E-state index >= 15 is 0 Å². The minimum Gasteiger partial charge on any atom is -0.494 e. The van der Waals surface area contributed by atoms with Crippen molar-refractivity contribution in [2.75, 3.05) is 13.7 Å². The molecule has 6 heteroatoms. The molecule has 6 nitrogen and oxygen atoms in total. The molecule has 0 aliphatic rings. The third-order valence-corrected chi connectivity index (χ3v) is 2.73. The van der Waals surface area contributed by atoms with Gasteiger partial charge in [-0.1, -0.05) is 0 Å². The van der Waals surface area contributed by atoms with Crippen molar-refractivity contribution in [1.29, 1.82) is 0 Å². The van der Waals surface area contributed by atoms with Crippen LogP contribution < -0.4 is 10.5 Å². The molecule has 96 valence electrons. The maximum atomic E-state index is 11.2. The standard InChI is InChI=1S/C12H15N3O3/c1-18-8-4-3-7-15-9(5-2-6-13)14-10(11(8)15)12(16)17/h3-4,7H,2,5-6,13H2,1H3,(H,16,17). The molecule has 2 aromatic heterocycles. The molecule has 0 atom stereocenters. The van der Waals surface area contributed by atoms with Gasteiger partial charge < -0.3 is 15.6 Å². The topological polar surface area (TPSA) is 89.9 Å². The van der Waals surface area contributed by atoms with Crippen LogP contribution in [0.4, 0.5) is 0 Å². The lowest BCUT2D eigenvalue weighted by Crippen LogP contribution is -2.03. The van der Waals surface area contributed by atoms with Crippen molar-refractivity contribution in [1.82, 2.24) is 9.38 Å². The van der Waals surface area contributed by atoms with Crippen LogP contribution in [-0.4, -0.2) is 34.1 Å². The van der Waals surface area contributed by atoms with Crippen LogP contribution in [0.5, 0.6) is 5.75 Å². The number of aromatic nitrogens is 2. The van der Waals surface area contributed by atoms with E-state index in [1.165, 1.54) is 7.11 Å². The van der Waals surface area contributed by atoms with Crippen LogP contribution in [-0.2, 0) is 6.42 Å². The second-order valence-corrected chi connectivity index (χ2v) is 3.87. The predicted octanol–water partition coefficient (Wildman–Crippen LogP) is 0.932. The Bertz CT molecular complexity index is 577. The van der Waals surface area contributed by atoms with Crippen molar-refractivity contribution in [2.24, 2.45) is 5.73 Å². The number of hydrogen-bond acceptors (Lipinski definition) is 4. The predicted molar refractivity (Wildman–Crippen MR) is 66.1 cm³/mol. The molecule has 0 unspecified atom stereocenters. The van der Waals surface area contributed by atoms with Gasteiger partial charge in [-0.25, -0.2) is 9.78 Å². The minimum absolute atomic E-state index is 0.0134. The molecule has 2 rings (SSSR count). The smallest absolute Gasteiger partial charge is 0.356 e. The Morgan fingerprint density at radius 2 is 2.39 bits per heavy atom. The Balaban J connectivity index is 2.64. The van der Waals surface area contributed by atoms with Crippen LogP contribution in [0.3, 0.4) is 0 Å². The molecule has 0 aliphatic heterocycles. The van der Waals surface area contributed by atoms with Crippen LogP contribution in [0.1, 0.15) is 22.7 Å². The molecule has 18 heavy (non-hydrogen) atoms. The number of methoxy groups -OCH3 is 1. The van der Waals surface area contributed by atoms with Crippen molar-refractivity contribution in [3.8, 4) is 5.75 Å². The first-order valence-corrected chi connectivity index (χ1v) is 5.66. The van der Waals surface area contributed by atoms with E-state index in [1.807, 2.05) is 0 Å². The van der Waals surface area contributed by atoms with Gasteiger partial charge in [0.15, 0.2) is 5.69 Å². The average molecular weight is 249 g/mol. The first-order chi connectivity index (χ1) is 8.69. The third-order valence-electron chi connectivity index (χ3n) is 2.73. The number of carboxylic acids is 1. The highest BCUT2D eigenvalue weighted by molar-refractivity contribution is 5.95. The van der Waals surface area contributed by atoms with Crippen molar-refractivity contribution in [2.45, 2.75) is 12.8 Å². The Kier molecular flexibility index (Phi) is 3.47. The molecule has 2 heterocycles. The molecule has 0 bridgehead atoms. The first kappa shape index (κ1) is 12.4. The zero-order chi connectivity index (χ0) is 13.1. The van der Waals surface area contributed by atoms with Gasteiger partial charge in [0.05, 0.1) is 7.11 Å². The largest absolute Gasteiger partial charge is 0.494 e. The summed E-state index contributed by atoms with van der Waals surface area (Å²) in [5.74, 6) is 0.129. The quantitative estimate of drug-likeness (QED) is 0.822. The summed E-state index contributed by atoms with van der Waals surface area (Å²) in [6.07, 6.45) is 3.18. The highest BCUT2D eigenvalue weighted by Crippen LogP contribution is 2.24. The number of pyridine rings is 1. The summed E-state index contributed by atoms with van der Waals surface area (Å²) in [5.41, 5.74) is 5.96. The SMILES string of the molecule is COc1cccn2c(CCCN)nc(C(=O)O)c12. The highest BCUT2D eigenvalue weighted by Gasteiger charge is 2.19. The summed E-state index contributed by atoms with van der Waals surface area (Å²) in [4.78, 5) is 15.4. The third kappa shape index (κ3) is 2.02. The highest BCUT2D eigenvalue weighted by atomic mass is 16.5. The van der Waals surface area contributed by atoms with Gasteiger partial charge >= 0.3 is 5.97 Å². The van der Waals surface area contributed by atoms with Gasteiger partial charge in [-0.05, 0) is 25.1 Å². The molecule has 0 saturated carbocycles. The molecule has 2 aromatic rings. The molecular formula is C12H15N3O3. The number of aromatic carboxylic acids is 1. The number of carboxylic acid groups (broad SMARTS) is 1. The molecule has 0 fully saturated rings. The van der Waals surface area contributed by atoms with Gasteiger partial charge in [-0.15, -0.1) is 0 Å². The van der Waals surface area contributed by atoms with Gasteiger partial charge in [0.1, 0.15) is 17.1 Å². The number of nitrogens with two attached hydrogens (primary N) is 1. The van der Waals surface area contributed by atoms with Crippen LogP contribution >= 0.6 is 0 Å². The number of imidazole rings is 1. The van der Waals surface area contributed by atoms with Crippen molar-refractivity contribution in [3.63, 3.8) is 0 Å². The van der Waals surface area contributed by atoms with Crippen LogP contribution in [0.2, 0.25) is 0 Å². The average Bonchev–Trinajstić information content (AvgIpc) is 2.75. The van der Waals surface area contributed by atoms with Crippen molar-refractivity contribution in [3.05, 3.63) is 29.8 Å². The molecule has 0 aromatic carbocycles. The van der Waals surface area contributed by atoms with Crippen LogP contribution in [0, 0.1) is 0 Å². The fourth-order valence-electron chi connectivity index (χ4n) is 1.92. The van der Waals surface area contributed by atoms with E-state index in [0.717, 1.165) is 6.42 Å². The van der Waals surface area contributed by atoms with Gasteiger partial charge in [-0.2, -0.15) is 0 Å². The number of rotatable bonds is 5. The van der Waals surface area contributed by atoms with E-state index in [1.54, 1.807) is 22.7 Å². The normalized spacial score (nSPS) is 10.8. The maximum absolute atomic E-state index is 11.2. The molecule has 0 radical (unpaired) electrons. The molecule has 3 N–H and O–H groups in total. The number of carbonyl (C=O) groups is 1. The summed E-state index contributed by atoms with van der Waals surface area (Å²) >= 11 is 0. The molecule has 0 amide bonds. The Hall–Kier alpha value is -2.08. The van der Waals surface area contributed by atoms with E-state index < -0.39 is 5.97 Å². The van der Waals surface area contributed by atoms with Crippen LogP contribution in [0.25, 0.3) is 5.52 Å². The van der Waals surface area contributed by atoms with Gasteiger partial charge in [-0.3, -0.25) is 4.40 Å². The van der Waals surface area contributed by atoms with Gasteiger partial charge in [0, 0.05) is 12.6 Å². The second kappa shape index (κ2) is 5.05. The zero-order valence-corrected chi connectivity index (χ0v) is 10.1. The molecular weight excluding hydrogens is 234 g/mol. The second-order valence-electron chi connectivity index (χ2n) is 3.87. The number of ether oxygens (including phenoxy) is 1. The fraction of sp³-hybridized carbons (Fsp3) is 0.333. The number of aryl methyl sites for hydroxylation is 1. The summed E-state index contributed by atoms with van der Waals surface area (Å²) < 4.78 is 6.94. The minimum atomic E-state index is -1.06. The Labute approximate surface area is 104 Å². The van der Waals surface area contributed by atoms with Crippen molar-refractivity contribution >= 4 is 11.5 Å². The maximum Gasteiger partial charge on any atom is 0.356 e. The molecule has 0 spiro atoms. The zero-order valence-electron chi connectivity index (χ0n) is 10.1. The van der Waals surface area contributed by atoms with E-state index in [-0.39, 0.29) is 5.69 Å². The lowest BCUT2D eigenvalue weighted by Gasteiger charge is -2.04. The summed E-state index contributed by atoms with van der Waals surface area (Å²) in [6.45, 7) is 0.543. The number of nitrogens with zero attached hydrogens (tertiary/aromatic N) is 2. The van der Waals surface area contributed by atoms with E-state index in [4.69, 9.17) is 10.5 Å². The van der Waals surface area contributed by atoms with Crippen LogP contribution in [0.15, 0.2) is 18.3 Å². The first-order valence-electron chi connectivity index (χ1n) is 5.66.